The first-order chi connectivity index (χ1) is 7.77. The maximum Gasteiger partial charge on any atom is 0.0547 e. The maximum absolute atomic E-state index is 4.17. The first-order valence-electron chi connectivity index (χ1n) is 5.52. The minimum atomic E-state index is 0.313. The van der Waals surface area contributed by atoms with E-state index >= 15 is 0 Å². The lowest BCUT2D eigenvalue weighted by atomic mass is 10.2. The molecule has 0 saturated carbocycles. The van der Waals surface area contributed by atoms with Crippen LogP contribution < -0.4 is 5.32 Å². The van der Waals surface area contributed by atoms with Crippen LogP contribution in [0.2, 0.25) is 0 Å². The minimum Gasteiger partial charge on any atom is -0.305 e. The Bertz CT molecular complexity index is 433. The molecule has 16 heavy (non-hydrogen) atoms. The van der Waals surface area contributed by atoms with Gasteiger partial charge >= 0.3 is 0 Å². The van der Waals surface area contributed by atoms with Gasteiger partial charge < -0.3 is 5.32 Å². The fraction of sp³-hybridized carbons (Fsp3) is 0.308. The van der Waals surface area contributed by atoms with Gasteiger partial charge in [0.1, 0.15) is 0 Å². The molecule has 3 nitrogen and oxygen atoms in total. The van der Waals surface area contributed by atoms with Crippen molar-refractivity contribution in [1.82, 2.24) is 15.1 Å². The van der Waals surface area contributed by atoms with Crippen LogP contribution >= 0.6 is 0 Å². The van der Waals surface area contributed by atoms with E-state index < -0.39 is 0 Å². The molecule has 1 N–H and O–H groups in total. The molecule has 0 fully saturated rings. The maximum atomic E-state index is 4.17. The zero-order chi connectivity index (χ0) is 11.4. The number of hydrogen-bond acceptors (Lipinski definition) is 2. The Balaban J connectivity index is 1.94. The van der Waals surface area contributed by atoms with Gasteiger partial charge in [-0.15, -0.1) is 0 Å². The van der Waals surface area contributed by atoms with E-state index in [0.29, 0.717) is 6.04 Å². The van der Waals surface area contributed by atoms with Crippen molar-refractivity contribution in [2.24, 2.45) is 7.05 Å². The molecule has 84 valence electrons. The van der Waals surface area contributed by atoms with Crippen molar-refractivity contribution >= 4 is 0 Å². The molecule has 2 rings (SSSR count). The summed E-state index contributed by atoms with van der Waals surface area (Å²) in [5.41, 5.74) is 2.51. The summed E-state index contributed by atoms with van der Waals surface area (Å²) in [5, 5.41) is 7.65. The SMILES string of the molecule is CC(NCc1ccccc1)c1ccnn1C. The molecule has 0 aliphatic heterocycles. The summed E-state index contributed by atoms with van der Waals surface area (Å²) in [6, 6.07) is 12.8. The van der Waals surface area contributed by atoms with E-state index in [1.165, 1.54) is 11.3 Å². The Labute approximate surface area is 96.1 Å². The van der Waals surface area contributed by atoms with Crippen LogP contribution in [-0.2, 0) is 13.6 Å². The van der Waals surface area contributed by atoms with Gasteiger partial charge in [-0.05, 0) is 18.6 Å². The molecule has 0 saturated heterocycles. The second-order valence-corrected chi connectivity index (χ2v) is 3.97. The summed E-state index contributed by atoms with van der Waals surface area (Å²) < 4.78 is 1.91. The van der Waals surface area contributed by atoms with Crippen LogP contribution in [0.25, 0.3) is 0 Å². The van der Waals surface area contributed by atoms with E-state index in [2.05, 4.69) is 41.6 Å². The molecule has 1 unspecified atom stereocenters. The fourth-order valence-corrected chi connectivity index (χ4v) is 1.78. The zero-order valence-corrected chi connectivity index (χ0v) is 9.72. The van der Waals surface area contributed by atoms with Gasteiger partial charge in [-0.2, -0.15) is 5.10 Å². The van der Waals surface area contributed by atoms with E-state index in [9.17, 15) is 0 Å². The quantitative estimate of drug-likeness (QED) is 0.848. The third kappa shape index (κ3) is 2.49. The number of nitrogens with zero attached hydrogens (tertiary/aromatic N) is 2. The fourth-order valence-electron chi connectivity index (χ4n) is 1.78. The van der Waals surface area contributed by atoms with Crippen LogP contribution in [0.5, 0.6) is 0 Å². The summed E-state index contributed by atoms with van der Waals surface area (Å²) in [7, 11) is 1.97. The minimum absolute atomic E-state index is 0.313. The molecule has 0 aliphatic rings. The Morgan fingerprint density at radius 2 is 2.00 bits per heavy atom. The standard InChI is InChI=1S/C13H17N3/c1-11(13-8-9-15-16(13)2)14-10-12-6-4-3-5-7-12/h3-9,11,14H,10H2,1-2H3. The molecule has 0 spiro atoms. The molecule has 0 bridgehead atoms. The van der Waals surface area contributed by atoms with Crippen LogP contribution in [0.3, 0.4) is 0 Å². The predicted molar refractivity (Wildman–Crippen MR) is 64.9 cm³/mol. The largest absolute Gasteiger partial charge is 0.305 e. The lowest BCUT2D eigenvalue weighted by Crippen LogP contribution is -2.20. The number of nitrogens with one attached hydrogen (secondary N) is 1. The lowest BCUT2D eigenvalue weighted by Gasteiger charge is -2.14. The highest BCUT2D eigenvalue weighted by Gasteiger charge is 2.07. The normalized spacial score (nSPS) is 12.6. The Hall–Kier alpha value is -1.61. The van der Waals surface area contributed by atoms with Crippen molar-refractivity contribution < 1.29 is 0 Å². The van der Waals surface area contributed by atoms with E-state index in [1.54, 1.807) is 0 Å². The molecule has 0 radical (unpaired) electrons. The van der Waals surface area contributed by atoms with Gasteiger partial charge in [-0.3, -0.25) is 4.68 Å². The molecule has 0 amide bonds. The van der Waals surface area contributed by atoms with Gasteiger partial charge in [0.05, 0.1) is 5.69 Å². The van der Waals surface area contributed by atoms with Gasteiger partial charge in [0.2, 0.25) is 0 Å². The average molecular weight is 215 g/mol. The number of rotatable bonds is 4. The smallest absolute Gasteiger partial charge is 0.0547 e. The van der Waals surface area contributed by atoms with Crippen molar-refractivity contribution in [2.75, 3.05) is 0 Å². The molecule has 1 aromatic carbocycles. The highest BCUT2D eigenvalue weighted by molar-refractivity contribution is 5.15. The van der Waals surface area contributed by atoms with Crippen molar-refractivity contribution in [2.45, 2.75) is 19.5 Å². The number of aryl methyl sites for hydroxylation is 1. The number of hydrogen-bond donors (Lipinski definition) is 1. The highest BCUT2D eigenvalue weighted by Crippen LogP contribution is 2.11. The van der Waals surface area contributed by atoms with Gasteiger partial charge in [0, 0.05) is 25.8 Å². The summed E-state index contributed by atoms with van der Waals surface area (Å²) in [5.74, 6) is 0. The topological polar surface area (TPSA) is 29.9 Å². The van der Waals surface area contributed by atoms with Gasteiger partial charge in [-0.25, -0.2) is 0 Å². The average Bonchev–Trinajstić information content (AvgIpc) is 2.74. The van der Waals surface area contributed by atoms with Crippen LogP contribution in [0.1, 0.15) is 24.2 Å². The van der Waals surface area contributed by atoms with Crippen LogP contribution in [-0.4, -0.2) is 9.78 Å². The summed E-state index contributed by atoms with van der Waals surface area (Å²) in [6.45, 7) is 3.03. The van der Waals surface area contributed by atoms with Gasteiger partial charge in [0.15, 0.2) is 0 Å². The summed E-state index contributed by atoms with van der Waals surface area (Å²) in [6.07, 6.45) is 1.83. The molecular weight excluding hydrogens is 198 g/mol. The third-order valence-corrected chi connectivity index (χ3v) is 2.76. The Morgan fingerprint density at radius 3 is 2.62 bits per heavy atom. The lowest BCUT2D eigenvalue weighted by molar-refractivity contribution is 0.530. The van der Waals surface area contributed by atoms with Crippen molar-refractivity contribution in [1.29, 1.82) is 0 Å². The molecule has 1 heterocycles. The van der Waals surface area contributed by atoms with Crippen LogP contribution in [0.4, 0.5) is 0 Å². The summed E-state index contributed by atoms with van der Waals surface area (Å²) in [4.78, 5) is 0. The van der Waals surface area contributed by atoms with Crippen LogP contribution in [0.15, 0.2) is 42.6 Å². The van der Waals surface area contributed by atoms with E-state index in [1.807, 2.05) is 30.1 Å². The molecule has 3 heteroatoms. The molecular formula is C13H17N3. The number of benzene rings is 1. The second-order valence-electron chi connectivity index (χ2n) is 3.97. The third-order valence-electron chi connectivity index (χ3n) is 2.76. The van der Waals surface area contributed by atoms with Crippen molar-refractivity contribution in [3.63, 3.8) is 0 Å². The van der Waals surface area contributed by atoms with Crippen molar-refractivity contribution in [3.05, 3.63) is 53.9 Å². The van der Waals surface area contributed by atoms with E-state index in [-0.39, 0.29) is 0 Å². The molecule has 1 aromatic heterocycles. The molecule has 1 atom stereocenters. The van der Waals surface area contributed by atoms with Crippen molar-refractivity contribution in [3.8, 4) is 0 Å². The predicted octanol–water partition coefficient (Wildman–Crippen LogP) is 2.27. The van der Waals surface area contributed by atoms with Gasteiger partial charge in [0.25, 0.3) is 0 Å². The van der Waals surface area contributed by atoms with Crippen LogP contribution in [0, 0.1) is 0 Å². The molecule has 2 aromatic rings. The Morgan fingerprint density at radius 1 is 1.25 bits per heavy atom. The van der Waals surface area contributed by atoms with E-state index in [4.69, 9.17) is 0 Å². The molecule has 0 aliphatic carbocycles. The first kappa shape index (κ1) is 10.9. The zero-order valence-electron chi connectivity index (χ0n) is 9.72. The highest BCUT2D eigenvalue weighted by atomic mass is 15.3. The van der Waals surface area contributed by atoms with E-state index in [0.717, 1.165) is 6.54 Å². The summed E-state index contributed by atoms with van der Waals surface area (Å²) >= 11 is 0. The number of aromatic nitrogens is 2. The second kappa shape index (κ2) is 4.94. The monoisotopic (exact) mass is 215 g/mol. The Kier molecular flexibility index (Phi) is 3.37. The first-order valence-corrected chi connectivity index (χ1v) is 5.52. The van der Waals surface area contributed by atoms with Gasteiger partial charge in [-0.1, -0.05) is 30.3 Å².